The molecule has 0 aromatic heterocycles. The van der Waals surface area contributed by atoms with Crippen LogP contribution in [0, 0.1) is 5.82 Å². The summed E-state index contributed by atoms with van der Waals surface area (Å²) in [4.78, 5) is 28.6. The lowest BCUT2D eigenvalue weighted by Crippen LogP contribution is -2.52. The summed E-state index contributed by atoms with van der Waals surface area (Å²) in [5.74, 6) is -1.46. The Bertz CT molecular complexity index is 1430. The van der Waals surface area contributed by atoms with E-state index < -0.39 is 34.3 Å². The molecule has 1 atom stereocenters. The van der Waals surface area contributed by atoms with E-state index >= 15 is 0 Å². The second kappa shape index (κ2) is 13.1. The second-order valence-corrected chi connectivity index (χ2v) is 11.9. The lowest BCUT2D eigenvalue weighted by atomic mass is 10.1. The number of hydrogen-bond acceptors (Lipinski definition) is 4. The van der Waals surface area contributed by atoms with Gasteiger partial charge in [0.05, 0.1) is 10.6 Å². The minimum atomic E-state index is -4.15. The van der Waals surface area contributed by atoms with Gasteiger partial charge in [-0.25, -0.2) is 12.8 Å². The fourth-order valence-electron chi connectivity index (χ4n) is 5.07. The first-order valence-electron chi connectivity index (χ1n) is 13.7. The molecule has 2 amide bonds. The first-order valence-corrected chi connectivity index (χ1v) is 15.1. The molecule has 3 aromatic carbocycles. The number of anilines is 1. The molecular weight excluding hydrogens is 529 g/mol. The van der Waals surface area contributed by atoms with Crippen LogP contribution in [-0.4, -0.2) is 43.8 Å². The molecule has 212 valence electrons. The molecule has 0 spiro atoms. The summed E-state index contributed by atoms with van der Waals surface area (Å²) in [6.07, 6.45) is 4.35. The van der Waals surface area contributed by atoms with Gasteiger partial charge in [0.1, 0.15) is 18.4 Å². The Morgan fingerprint density at radius 3 is 2.17 bits per heavy atom. The number of amides is 2. The third-order valence-corrected chi connectivity index (χ3v) is 9.19. The zero-order valence-electron chi connectivity index (χ0n) is 22.9. The zero-order valence-corrected chi connectivity index (χ0v) is 23.7. The molecule has 0 aliphatic heterocycles. The Morgan fingerprint density at radius 1 is 0.925 bits per heavy atom. The van der Waals surface area contributed by atoms with Crippen LogP contribution in [0.2, 0.25) is 0 Å². The van der Waals surface area contributed by atoms with Crippen LogP contribution >= 0.6 is 0 Å². The summed E-state index contributed by atoms with van der Waals surface area (Å²) in [5.41, 5.74) is 1.38. The van der Waals surface area contributed by atoms with E-state index in [9.17, 15) is 22.4 Å². The van der Waals surface area contributed by atoms with Gasteiger partial charge in [-0.1, -0.05) is 74.4 Å². The van der Waals surface area contributed by atoms with Crippen LogP contribution in [0.15, 0.2) is 83.8 Å². The van der Waals surface area contributed by atoms with Crippen molar-refractivity contribution in [3.8, 4) is 0 Å². The average molecular weight is 566 g/mol. The molecule has 0 saturated heterocycles. The molecule has 4 rings (SSSR count). The van der Waals surface area contributed by atoms with Gasteiger partial charge in [0.25, 0.3) is 10.0 Å². The number of rotatable bonds is 11. The van der Waals surface area contributed by atoms with Crippen molar-refractivity contribution >= 4 is 27.5 Å². The van der Waals surface area contributed by atoms with Crippen molar-refractivity contribution < 1.29 is 22.4 Å². The van der Waals surface area contributed by atoms with Gasteiger partial charge in [-0.05, 0) is 56.0 Å². The number of nitrogens with zero attached hydrogens (tertiary/aromatic N) is 2. The number of sulfonamides is 1. The number of carbonyl (C=O) groups is 2. The number of benzene rings is 3. The highest BCUT2D eigenvalue weighted by Gasteiger charge is 2.34. The zero-order chi connectivity index (χ0) is 28.7. The SMILES string of the molecule is CCc1ccccc1N(CC(=O)N(Cc1ccccc1F)C(C)C(=O)NC1CCCC1)S(=O)(=O)c1ccccc1. The Labute approximate surface area is 236 Å². The Balaban J connectivity index is 1.71. The molecule has 0 bridgehead atoms. The highest BCUT2D eigenvalue weighted by atomic mass is 32.2. The van der Waals surface area contributed by atoms with Gasteiger partial charge in [-0.3, -0.25) is 13.9 Å². The molecule has 1 aliphatic rings. The van der Waals surface area contributed by atoms with Crippen molar-refractivity contribution in [1.29, 1.82) is 0 Å². The van der Waals surface area contributed by atoms with Crippen LogP contribution in [-0.2, 0) is 32.6 Å². The van der Waals surface area contributed by atoms with E-state index in [4.69, 9.17) is 0 Å². The van der Waals surface area contributed by atoms with E-state index in [2.05, 4.69) is 5.32 Å². The summed E-state index contributed by atoms with van der Waals surface area (Å²) in [6, 6.07) is 20.1. The smallest absolute Gasteiger partial charge is 0.264 e. The number of aryl methyl sites for hydroxylation is 1. The Kier molecular flexibility index (Phi) is 9.58. The summed E-state index contributed by atoms with van der Waals surface area (Å²) >= 11 is 0. The third-order valence-electron chi connectivity index (χ3n) is 7.42. The molecule has 1 fully saturated rings. The van der Waals surface area contributed by atoms with Crippen LogP contribution in [0.5, 0.6) is 0 Å². The first-order chi connectivity index (χ1) is 19.2. The maximum Gasteiger partial charge on any atom is 0.264 e. The Hall–Kier alpha value is -3.72. The quantitative estimate of drug-likeness (QED) is 0.352. The third kappa shape index (κ3) is 6.70. The summed E-state index contributed by atoms with van der Waals surface area (Å²) in [6.45, 7) is 2.77. The van der Waals surface area contributed by atoms with Crippen LogP contribution in [0.3, 0.4) is 0 Å². The van der Waals surface area contributed by atoms with Crippen molar-refractivity contribution in [3.05, 3.63) is 95.8 Å². The predicted molar refractivity (Wildman–Crippen MR) is 154 cm³/mol. The molecule has 0 radical (unpaired) electrons. The fourth-order valence-corrected chi connectivity index (χ4v) is 6.54. The number of hydrogen-bond donors (Lipinski definition) is 1. The molecule has 1 saturated carbocycles. The average Bonchev–Trinajstić information content (AvgIpc) is 3.48. The Morgan fingerprint density at radius 2 is 1.52 bits per heavy atom. The van der Waals surface area contributed by atoms with Gasteiger partial charge in [0, 0.05) is 18.2 Å². The van der Waals surface area contributed by atoms with Gasteiger partial charge in [-0.15, -0.1) is 0 Å². The molecule has 0 heterocycles. The lowest BCUT2D eigenvalue weighted by molar-refractivity contribution is -0.139. The van der Waals surface area contributed by atoms with Gasteiger partial charge in [-0.2, -0.15) is 0 Å². The number of nitrogens with one attached hydrogen (secondary N) is 1. The second-order valence-electron chi connectivity index (χ2n) is 10.1. The van der Waals surface area contributed by atoms with Gasteiger partial charge < -0.3 is 10.2 Å². The highest BCUT2D eigenvalue weighted by molar-refractivity contribution is 7.92. The van der Waals surface area contributed by atoms with Gasteiger partial charge in [0.15, 0.2) is 0 Å². The van der Waals surface area contributed by atoms with Crippen LogP contribution < -0.4 is 9.62 Å². The minimum absolute atomic E-state index is 0.0340. The van der Waals surface area contributed by atoms with E-state index in [1.165, 1.54) is 23.1 Å². The molecule has 9 heteroatoms. The van der Waals surface area contributed by atoms with Crippen molar-refractivity contribution in [3.63, 3.8) is 0 Å². The molecule has 7 nitrogen and oxygen atoms in total. The number of para-hydroxylation sites is 1. The van der Waals surface area contributed by atoms with Crippen molar-refractivity contribution in [2.75, 3.05) is 10.8 Å². The molecule has 1 N–H and O–H groups in total. The van der Waals surface area contributed by atoms with Crippen molar-refractivity contribution in [1.82, 2.24) is 10.2 Å². The van der Waals surface area contributed by atoms with Gasteiger partial charge >= 0.3 is 0 Å². The van der Waals surface area contributed by atoms with Crippen LogP contribution in [0.1, 0.15) is 50.7 Å². The van der Waals surface area contributed by atoms with E-state index in [0.29, 0.717) is 12.1 Å². The minimum Gasteiger partial charge on any atom is -0.352 e. The van der Waals surface area contributed by atoms with Crippen LogP contribution in [0.4, 0.5) is 10.1 Å². The van der Waals surface area contributed by atoms with E-state index in [1.807, 2.05) is 19.1 Å². The highest BCUT2D eigenvalue weighted by Crippen LogP contribution is 2.28. The first kappa shape index (κ1) is 29.3. The maximum absolute atomic E-state index is 14.7. The van der Waals surface area contributed by atoms with E-state index in [1.54, 1.807) is 55.5 Å². The molecular formula is C31H36FN3O4S. The fraction of sp³-hybridized carbons (Fsp3) is 0.355. The molecule has 1 unspecified atom stereocenters. The summed E-state index contributed by atoms with van der Waals surface area (Å²) in [7, 11) is -4.15. The maximum atomic E-state index is 14.7. The predicted octanol–water partition coefficient (Wildman–Crippen LogP) is 5.06. The topological polar surface area (TPSA) is 86.8 Å². The standard InChI is InChI=1S/C31H36FN3O4S/c1-3-24-13-8-12-20-29(24)35(40(38,39)27-17-5-4-6-18-27)22-30(36)34(21-25-14-7-11-19-28(25)32)23(2)31(37)33-26-15-9-10-16-26/h4-8,11-14,17-20,23,26H,3,9-10,15-16,21-22H2,1-2H3,(H,33,37). The lowest BCUT2D eigenvalue weighted by Gasteiger charge is -2.33. The van der Waals surface area contributed by atoms with E-state index in [-0.39, 0.29) is 29.0 Å². The largest absolute Gasteiger partial charge is 0.352 e. The molecule has 40 heavy (non-hydrogen) atoms. The molecule has 1 aliphatic carbocycles. The number of halogens is 1. The van der Waals surface area contributed by atoms with Crippen molar-refractivity contribution in [2.45, 2.75) is 69.5 Å². The summed E-state index contributed by atoms with van der Waals surface area (Å²) in [5, 5.41) is 3.02. The van der Waals surface area contributed by atoms with E-state index in [0.717, 1.165) is 35.6 Å². The van der Waals surface area contributed by atoms with Gasteiger partial charge in [0.2, 0.25) is 11.8 Å². The van der Waals surface area contributed by atoms with Crippen molar-refractivity contribution in [2.24, 2.45) is 0 Å². The monoisotopic (exact) mass is 565 g/mol. The number of carbonyl (C=O) groups excluding carboxylic acids is 2. The normalized spacial score (nSPS) is 14.5. The van der Waals surface area contributed by atoms with Crippen LogP contribution in [0.25, 0.3) is 0 Å². The summed E-state index contributed by atoms with van der Waals surface area (Å²) < 4.78 is 43.6. The molecule has 3 aromatic rings.